The number of nitrogens with one attached hydrogen (secondary N) is 1. The van der Waals surface area contributed by atoms with Crippen molar-refractivity contribution in [2.45, 2.75) is 18.9 Å². The maximum Gasteiger partial charge on any atom is 0.273 e. The lowest BCUT2D eigenvalue weighted by Gasteiger charge is -2.24. The summed E-state index contributed by atoms with van der Waals surface area (Å²) in [4.78, 5) is 19.6. The first-order valence-electron chi connectivity index (χ1n) is 9.78. The SMILES string of the molecule is COc1ccc(Nc2nc(C(=O)N3CCCC3c3ccc4c(c3)OCO4)cs2)cc1. The number of aromatic nitrogens is 1. The van der Waals surface area contributed by atoms with Gasteiger partial charge in [-0.1, -0.05) is 6.07 Å². The van der Waals surface area contributed by atoms with Gasteiger partial charge in [0.1, 0.15) is 11.4 Å². The van der Waals surface area contributed by atoms with Gasteiger partial charge in [-0.3, -0.25) is 4.79 Å². The molecule has 3 aromatic rings. The standard InChI is InChI=1S/C22H21N3O4S/c1-27-16-7-5-15(6-8-16)23-22-24-17(12-30-22)21(26)25-10-2-3-18(25)14-4-9-19-20(11-14)29-13-28-19/h4-9,11-12,18H,2-3,10,13H2,1H3,(H,23,24). The monoisotopic (exact) mass is 423 g/mol. The number of nitrogens with zero attached hydrogens (tertiary/aromatic N) is 2. The minimum absolute atomic E-state index is 0.0201. The van der Waals surface area contributed by atoms with Crippen molar-refractivity contribution < 1.29 is 19.0 Å². The molecule has 30 heavy (non-hydrogen) atoms. The molecule has 1 N–H and O–H groups in total. The molecule has 0 bridgehead atoms. The number of fused-ring (bicyclic) bond motifs is 1. The molecule has 2 aliphatic rings. The largest absolute Gasteiger partial charge is 0.497 e. The van der Waals surface area contributed by atoms with Crippen molar-refractivity contribution in [3.63, 3.8) is 0 Å². The Morgan fingerprint density at radius 2 is 2.03 bits per heavy atom. The van der Waals surface area contributed by atoms with E-state index in [1.54, 1.807) is 7.11 Å². The smallest absolute Gasteiger partial charge is 0.273 e. The van der Waals surface area contributed by atoms with E-state index in [9.17, 15) is 4.79 Å². The maximum absolute atomic E-state index is 13.2. The van der Waals surface area contributed by atoms with E-state index >= 15 is 0 Å². The van der Waals surface area contributed by atoms with E-state index in [2.05, 4.69) is 10.3 Å². The molecule has 8 heteroatoms. The molecule has 1 saturated heterocycles. The summed E-state index contributed by atoms with van der Waals surface area (Å²) in [5.74, 6) is 2.24. The zero-order valence-electron chi connectivity index (χ0n) is 16.5. The van der Waals surface area contributed by atoms with Gasteiger partial charge >= 0.3 is 0 Å². The van der Waals surface area contributed by atoms with Crippen LogP contribution in [0.3, 0.4) is 0 Å². The number of amides is 1. The second-order valence-corrected chi connectivity index (χ2v) is 8.02. The number of carbonyl (C=O) groups excluding carboxylic acids is 1. The number of likely N-dealkylation sites (tertiary alicyclic amines) is 1. The summed E-state index contributed by atoms with van der Waals surface area (Å²) in [6.45, 7) is 0.964. The van der Waals surface area contributed by atoms with Crippen LogP contribution in [0.25, 0.3) is 0 Å². The number of thiazole rings is 1. The molecule has 0 radical (unpaired) electrons. The summed E-state index contributed by atoms with van der Waals surface area (Å²) in [7, 11) is 1.64. The number of ether oxygens (including phenoxy) is 3. The van der Waals surface area contributed by atoms with Gasteiger partial charge in [0.15, 0.2) is 16.6 Å². The minimum Gasteiger partial charge on any atom is -0.497 e. The topological polar surface area (TPSA) is 72.9 Å². The highest BCUT2D eigenvalue weighted by Gasteiger charge is 2.32. The number of benzene rings is 2. The lowest BCUT2D eigenvalue weighted by atomic mass is 10.0. The Bertz CT molecular complexity index is 1070. The van der Waals surface area contributed by atoms with Gasteiger partial charge in [-0.2, -0.15) is 0 Å². The predicted molar refractivity (Wildman–Crippen MR) is 114 cm³/mol. The molecule has 1 unspecified atom stereocenters. The van der Waals surface area contributed by atoms with Crippen LogP contribution in [0.5, 0.6) is 17.2 Å². The van der Waals surface area contributed by atoms with Gasteiger partial charge in [0.05, 0.1) is 13.2 Å². The van der Waals surface area contributed by atoms with Crippen LogP contribution in [-0.4, -0.2) is 36.2 Å². The van der Waals surface area contributed by atoms with E-state index in [4.69, 9.17) is 14.2 Å². The van der Waals surface area contributed by atoms with Crippen LogP contribution >= 0.6 is 11.3 Å². The van der Waals surface area contributed by atoms with E-state index < -0.39 is 0 Å². The summed E-state index contributed by atoms with van der Waals surface area (Å²) in [5, 5.41) is 5.73. The van der Waals surface area contributed by atoms with Crippen LogP contribution in [-0.2, 0) is 0 Å². The van der Waals surface area contributed by atoms with Crippen LogP contribution in [0.2, 0.25) is 0 Å². The van der Waals surface area contributed by atoms with Gasteiger partial charge in [0.2, 0.25) is 6.79 Å². The van der Waals surface area contributed by atoms with Crippen molar-refractivity contribution in [3.8, 4) is 17.2 Å². The summed E-state index contributed by atoms with van der Waals surface area (Å²) >= 11 is 1.42. The lowest BCUT2D eigenvalue weighted by molar-refractivity contribution is 0.0730. The number of carbonyl (C=O) groups is 1. The molecule has 1 atom stereocenters. The Kier molecular flexibility index (Phi) is 4.92. The quantitative estimate of drug-likeness (QED) is 0.647. The van der Waals surface area contributed by atoms with Crippen molar-refractivity contribution in [3.05, 3.63) is 59.1 Å². The van der Waals surface area contributed by atoms with Gasteiger partial charge in [-0.05, 0) is 54.8 Å². The Balaban J connectivity index is 1.31. The van der Waals surface area contributed by atoms with Crippen molar-refractivity contribution >= 4 is 28.1 Å². The summed E-state index contributed by atoms with van der Waals surface area (Å²) < 4.78 is 16.1. The van der Waals surface area contributed by atoms with Gasteiger partial charge < -0.3 is 24.4 Å². The number of methoxy groups -OCH3 is 1. The highest BCUT2D eigenvalue weighted by Crippen LogP contribution is 2.39. The van der Waals surface area contributed by atoms with Crippen molar-refractivity contribution in [1.82, 2.24) is 9.88 Å². The summed E-state index contributed by atoms with van der Waals surface area (Å²) in [6.07, 6.45) is 1.89. The Hall–Kier alpha value is -3.26. The van der Waals surface area contributed by atoms with Crippen LogP contribution in [0.4, 0.5) is 10.8 Å². The fraction of sp³-hybridized carbons (Fsp3) is 0.273. The first kappa shape index (κ1) is 18.7. The zero-order valence-corrected chi connectivity index (χ0v) is 17.3. The molecule has 3 heterocycles. The molecule has 1 aromatic heterocycles. The molecule has 2 aliphatic heterocycles. The molecule has 0 spiro atoms. The van der Waals surface area contributed by atoms with E-state index in [0.29, 0.717) is 10.8 Å². The molecule has 0 saturated carbocycles. The number of anilines is 2. The third-order valence-corrected chi connectivity index (χ3v) is 6.12. The molecule has 1 amide bonds. The number of hydrogen-bond acceptors (Lipinski definition) is 7. The second-order valence-electron chi connectivity index (χ2n) is 7.16. The lowest BCUT2D eigenvalue weighted by Crippen LogP contribution is -2.30. The second kappa shape index (κ2) is 7.87. The van der Waals surface area contributed by atoms with E-state index in [0.717, 1.165) is 47.9 Å². The van der Waals surface area contributed by atoms with Crippen LogP contribution in [0.1, 0.15) is 34.9 Å². The van der Waals surface area contributed by atoms with E-state index in [-0.39, 0.29) is 18.7 Å². The minimum atomic E-state index is -0.0470. The first-order valence-corrected chi connectivity index (χ1v) is 10.7. The van der Waals surface area contributed by atoms with E-state index in [1.165, 1.54) is 11.3 Å². The number of rotatable bonds is 5. The third kappa shape index (κ3) is 3.54. The highest BCUT2D eigenvalue weighted by molar-refractivity contribution is 7.14. The van der Waals surface area contributed by atoms with Crippen LogP contribution in [0.15, 0.2) is 47.8 Å². The summed E-state index contributed by atoms with van der Waals surface area (Å²) in [6, 6.07) is 13.5. The van der Waals surface area contributed by atoms with Crippen LogP contribution < -0.4 is 19.5 Å². The first-order chi connectivity index (χ1) is 14.7. The Morgan fingerprint density at radius 3 is 2.87 bits per heavy atom. The fourth-order valence-corrected chi connectivity index (χ4v) is 4.56. The maximum atomic E-state index is 13.2. The molecular formula is C22H21N3O4S. The normalized spacial score (nSPS) is 17.2. The highest BCUT2D eigenvalue weighted by atomic mass is 32.1. The number of hydrogen-bond donors (Lipinski definition) is 1. The van der Waals surface area contributed by atoms with Crippen molar-refractivity contribution in [2.24, 2.45) is 0 Å². The fourth-order valence-electron chi connectivity index (χ4n) is 3.85. The zero-order chi connectivity index (χ0) is 20.5. The van der Waals surface area contributed by atoms with Crippen LogP contribution in [0, 0.1) is 0 Å². The average Bonchev–Trinajstić information content (AvgIpc) is 3.53. The van der Waals surface area contributed by atoms with Crippen molar-refractivity contribution in [2.75, 3.05) is 25.8 Å². The third-order valence-electron chi connectivity index (χ3n) is 5.36. The molecule has 0 aliphatic carbocycles. The molecule has 2 aromatic carbocycles. The molecule has 154 valence electrons. The average molecular weight is 423 g/mol. The van der Waals surface area contributed by atoms with Gasteiger partial charge in [-0.25, -0.2) is 4.98 Å². The van der Waals surface area contributed by atoms with Gasteiger partial charge in [-0.15, -0.1) is 11.3 Å². The van der Waals surface area contributed by atoms with Crippen molar-refractivity contribution in [1.29, 1.82) is 0 Å². The van der Waals surface area contributed by atoms with Gasteiger partial charge in [0, 0.05) is 17.6 Å². The molecule has 1 fully saturated rings. The molecule has 7 nitrogen and oxygen atoms in total. The van der Waals surface area contributed by atoms with E-state index in [1.807, 2.05) is 52.7 Å². The Labute approximate surface area is 178 Å². The van der Waals surface area contributed by atoms with Gasteiger partial charge in [0.25, 0.3) is 5.91 Å². The predicted octanol–water partition coefficient (Wildman–Crippen LogP) is 4.60. The molecule has 5 rings (SSSR count). The molecular weight excluding hydrogens is 402 g/mol. The summed E-state index contributed by atoms with van der Waals surface area (Å²) in [5.41, 5.74) is 2.42. The Morgan fingerprint density at radius 1 is 1.20 bits per heavy atom.